The second kappa shape index (κ2) is 9.87. The Morgan fingerprint density at radius 2 is 2.00 bits per heavy atom. The van der Waals surface area contributed by atoms with E-state index in [0.717, 1.165) is 90.1 Å². The Kier molecular flexibility index (Phi) is 7.00. The molecule has 1 atom stereocenters. The molecule has 2 saturated heterocycles. The largest absolute Gasteiger partial charge is 0.379 e. The highest BCUT2D eigenvalue weighted by atomic mass is 16.5. The smallest absolute Gasteiger partial charge is 0.274 e. The molecule has 1 aliphatic carbocycles. The zero-order chi connectivity index (χ0) is 20.1. The molecule has 1 amide bonds. The lowest BCUT2D eigenvalue weighted by atomic mass is 9.91. The number of rotatable bonds is 7. The molecule has 0 saturated carbocycles. The van der Waals surface area contributed by atoms with Gasteiger partial charge in [0.15, 0.2) is 5.69 Å². The molecule has 0 aromatic carbocycles. The van der Waals surface area contributed by atoms with E-state index in [1.165, 1.54) is 12.1 Å². The van der Waals surface area contributed by atoms with E-state index in [1.807, 2.05) is 15.7 Å². The summed E-state index contributed by atoms with van der Waals surface area (Å²) in [5.74, 6) is 0.123. The SMILES string of the molecule is C=CCn1nc(C(=O)N2CCCCC2)c2c1CC[C@@H](NCCN1CCOCC1)C2. The van der Waals surface area contributed by atoms with Crippen LogP contribution in [-0.4, -0.2) is 84.0 Å². The van der Waals surface area contributed by atoms with Gasteiger partial charge in [-0.05, 0) is 38.5 Å². The lowest BCUT2D eigenvalue weighted by molar-refractivity contribution is 0.0381. The van der Waals surface area contributed by atoms with Crippen molar-refractivity contribution in [2.24, 2.45) is 0 Å². The highest BCUT2D eigenvalue weighted by Gasteiger charge is 2.31. The van der Waals surface area contributed by atoms with Crippen LogP contribution in [0.1, 0.15) is 47.4 Å². The number of amides is 1. The maximum atomic E-state index is 13.2. The fraction of sp³-hybridized carbons (Fsp3) is 0.727. The van der Waals surface area contributed by atoms with Gasteiger partial charge in [-0.25, -0.2) is 0 Å². The molecule has 1 N–H and O–H groups in total. The second-order valence-electron chi connectivity index (χ2n) is 8.45. The molecule has 0 unspecified atom stereocenters. The summed E-state index contributed by atoms with van der Waals surface area (Å²) in [5, 5.41) is 8.48. The van der Waals surface area contributed by atoms with Gasteiger partial charge >= 0.3 is 0 Å². The first kappa shape index (κ1) is 20.6. The third-order valence-electron chi connectivity index (χ3n) is 6.46. The zero-order valence-electron chi connectivity index (χ0n) is 17.6. The summed E-state index contributed by atoms with van der Waals surface area (Å²) in [6.45, 7) is 12.0. The van der Waals surface area contributed by atoms with Gasteiger partial charge in [0.25, 0.3) is 5.91 Å². The molecule has 3 aliphatic rings. The Bertz CT molecular complexity index is 704. The van der Waals surface area contributed by atoms with E-state index in [-0.39, 0.29) is 5.91 Å². The monoisotopic (exact) mass is 401 g/mol. The average molecular weight is 402 g/mol. The van der Waals surface area contributed by atoms with Crippen LogP contribution in [0.3, 0.4) is 0 Å². The molecule has 1 aromatic heterocycles. The molecule has 3 heterocycles. The van der Waals surface area contributed by atoms with Gasteiger partial charge in [-0.15, -0.1) is 6.58 Å². The molecule has 2 fully saturated rings. The van der Waals surface area contributed by atoms with Crippen LogP contribution in [0.25, 0.3) is 0 Å². The molecule has 1 aromatic rings. The maximum absolute atomic E-state index is 13.2. The summed E-state index contributed by atoms with van der Waals surface area (Å²) in [5.41, 5.74) is 3.08. The predicted molar refractivity (Wildman–Crippen MR) is 113 cm³/mol. The molecule has 2 aliphatic heterocycles. The summed E-state index contributed by atoms with van der Waals surface area (Å²) in [7, 11) is 0. The van der Waals surface area contributed by atoms with E-state index in [1.54, 1.807) is 0 Å². The highest BCUT2D eigenvalue weighted by Crippen LogP contribution is 2.27. The van der Waals surface area contributed by atoms with Crippen LogP contribution in [0.15, 0.2) is 12.7 Å². The number of hydrogen-bond acceptors (Lipinski definition) is 5. The number of ether oxygens (including phenoxy) is 1. The third-order valence-corrected chi connectivity index (χ3v) is 6.46. The number of hydrogen-bond donors (Lipinski definition) is 1. The number of carbonyl (C=O) groups excluding carboxylic acids is 1. The summed E-state index contributed by atoms with van der Waals surface area (Å²) in [6, 6.07) is 0.415. The predicted octanol–water partition coefficient (Wildman–Crippen LogP) is 1.47. The molecule has 160 valence electrons. The molecule has 7 heteroatoms. The van der Waals surface area contributed by atoms with Gasteiger partial charge in [-0.1, -0.05) is 6.08 Å². The number of allylic oxidation sites excluding steroid dienone is 1. The van der Waals surface area contributed by atoms with Crippen molar-refractivity contribution in [1.82, 2.24) is 24.9 Å². The Balaban J connectivity index is 1.42. The number of nitrogens with one attached hydrogen (secondary N) is 1. The van der Waals surface area contributed by atoms with Gasteiger partial charge < -0.3 is 15.0 Å². The quantitative estimate of drug-likeness (QED) is 0.701. The van der Waals surface area contributed by atoms with Crippen molar-refractivity contribution in [3.63, 3.8) is 0 Å². The van der Waals surface area contributed by atoms with E-state index in [4.69, 9.17) is 9.84 Å². The lowest BCUT2D eigenvalue weighted by Crippen LogP contribution is -2.43. The minimum atomic E-state index is 0.123. The maximum Gasteiger partial charge on any atom is 0.274 e. The van der Waals surface area contributed by atoms with Crippen molar-refractivity contribution in [3.8, 4) is 0 Å². The van der Waals surface area contributed by atoms with E-state index >= 15 is 0 Å². The molecule has 4 rings (SSSR count). The van der Waals surface area contributed by atoms with Gasteiger partial charge in [0.2, 0.25) is 0 Å². The Morgan fingerprint density at radius 3 is 2.76 bits per heavy atom. The number of morpholine rings is 1. The first-order valence-corrected chi connectivity index (χ1v) is 11.3. The number of carbonyl (C=O) groups is 1. The van der Waals surface area contributed by atoms with E-state index in [2.05, 4.69) is 16.8 Å². The molecule has 29 heavy (non-hydrogen) atoms. The van der Waals surface area contributed by atoms with Crippen LogP contribution in [0.2, 0.25) is 0 Å². The van der Waals surface area contributed by atoms with E-state index in [0.29, 0.717) is 18.3 Å². The minimum Gasteiger partial charge on any atom is -0.379 e. The lowest BCUT2D eigenvalue weighted by Gasteiger charge is -2.29. The molecular weight excluding hydrogens is 366 g/mol. The fourth-order valence-corrected chi connectivity index (χ4v) is 4.81. The molecule has 7 nitrogen and oxygen atoms in total. The summed E-state index contributed by atoms with van der Waals surface area (Å²) >= 11 is 0. The van der Waals surface area contributed by atoms with Crippen molar-refractivity contribution in [3.05, 3.63) is 29.6 Å². The summed E-state index contributed by atoms with van der Waals surface area (Å²) in [6.07, 6.45) is 8.26. The van der Waals surface area contributed by atoms with E-state index < -0.39 is 0 Å². The molecular formula is C22H35N5O2. The number of fused-ring (bicyclic) bond motifs is 1. The van der Waals surface area contributed by atoms with Gasteiger partial charge in [-0.3, -0.25) is 14.4 Å². The van der Waals surface area contributed by atoms with Crippen molar-refractivity contribution < 1.29 is 9.53 Å². The second-order valence-corrected chi connectivity index (χ2v) is 8.45. The standard InChI is InChI=1S/C22H35N5O2/c1-2-9-27-20-7-6-18(23-8-12-25-13-15-29-16-14-25)17-19(20)21(24-27)22(28)26-10-4-3-5-11-26/h2,18,23H,1,3-17H2/t18-/m1/s1. The Morgan fingerprint density at radius 1 is 1.21 bits per heavy atom. The number of nitrogens with zero attached hydrogens (tertiary/aromatic N) is 4. The molecule has 0 spiro atoms. The topological polar surface area (TPSA) is 62.6 Å². The van der Waals surface area contributed by atoms with Crippen LogP contribution in [0.5, 0.6) is 0 Å². The minimum absolute atomic E-state index is 0.123. The van der Waals surface area contributed by atoms with Gasteiger partial charge in [0, 0.05) is 56.6 Å². The molecule has 0 radical (unpaired) electrons. The van der Waals surface area contributed by atoms with Gasteiger partial charge in [-0.2, -0.15) is 5.10 Å². The molecule has 0 bridgehead atoms. The van der Waals surface area contributed by atoms with Crippen molar-refractivity contribution >= 4 is 5.91 Å². The Hall–Kier alpha value is -1.70. The van der Waals surface area contributed by atoms with Crippen molar-refractivity contribution in [1.29, 1.82) is 0 Å². The number of aromatic nitrogens is 2. The average Bonchev–Trinajstić information content (AvgIpc) is 3.13. The van der Waals surface area contributed by atoms with Crippen LogP contribution in [0.4, 0.5) is 0 Å². The number of likely N-dealkylation sites (tertiary alicyclic amines) is 1. The fourth-order valence-electron chi connectivity index (χ4n) is 4.81. The summed E-state index contributed by atoms with van der Waals surface area (Å²) < 4.78 is 7.43. The van der Waals surface area contributed by atoms with Crippen LogP contribution < -0.4 is 5.32 Å². The van der Waals surface area contributed by atoms with Crippen LogP contribution in [-0.2, 0) is 24.1 Å². The summed E-state index contributed by atoms with van der Waals surface area (Å²) in [4.78, 5) is 17.7. The third kappa shape index (κ3) is 4.90. The van der Waals surface area contributed by atoms with Gasteiger partial charge in [0.1, 0.15) is 0 Å². The first-order valence-electron chi connectivity index (χ1n) is 11.3. The van der Waals surface area contributed by atoms with E-state index in [9.17, 15) is 4.79 Å². The van der Waals surface area contributed by atoms with Crippen LogP contribution >= 0.6 is 0 Å². The Labute approximate surface area is 174 Å². The normalized spacial score (nSPS) is 23.0. The first-order chi connectivity index (χ1) is 14.3. The highest BCUT2D eigenvalue weighted by molar-refractivity contribution is 5.94. The van der Waals surface area contributed by atoms with Crippen molar-refractivity contribution in [2.45, 2.75) is 51.1 Å². The van der Waals surface area contributed by atoms with Crippen molar-refractivity contribution in [2.75, 3.05) is 52.5 Å². The van der Waals surface area contributed by atoms with Gasteiger partial charge in [0.05, 0.1) is 19.8 Å². The zero-order valence-corrected chi connectivity index (χ0v) is 17.6. The number of piperidine rings is 1. The van der Waals surface area contributed by atoms with Crippen LogP contribution in [0, 0.1) is 0 Å².